The van der Waals surface area contributed by atoms with Gasteiger partial charge in [-0.2, -0.15) is 8.78 Å². The molecule has 23 heavy (non-hydrogen) atoms. The van der Waals surface area contributed by atoms with Crippen molar-refractivity contribution < 1.29 is 42.1 Å². The predicted molar refractivity (Wildman–Crippen MR) is 71.6 cm³/mol. The maximum absolute atomic E-state index is 14.0. The van der Waals surface area contributed by atoms with Crippen molar-refractivity contribution in [3.05, 3.63) is 12.2 Å². The summed E-state index contributed by atoms with van der Waals surface area (Å²) in [6, 6.07) is 0. The van der Waals surface area contributed by atoms with Crippen LogP contribution in [0.15, 0.2) is 12.2 Å². The Morgan fingerprint density at radius 3 is 2.30 bits per heavy atom. The second kappa shape index (κ2) is 8.00. The van der Waals surface area contributed by atoms with Gasteiger partial charge in [0.2, 0.25) is 0 Å². The van der Waals surface area contributed by atoms with Gasteiger partial charge in [0.05, 0.1) is 6.61 Å². The molecule has 0 bridgehead atoms. The Hall–Kier alpha value is -2.03. The van der Waals surface area contributed by atoms with Gasteiger partial charge in [0.15, 0.2) is 6.10 Å². The van der Waals surface area contributed by atoms with E-state index in [1.807, 2.05) is 0 Å². The number of carbonyl (C=O) groups is 3. The highest BCUT2D eigenvalue weighted by Crippen LogP contribution is 2.29. The Morgan fingerprint density at radius 2 is 1.78 bits per heavy atom. The first-order chi connectivity index (χ1) is 10.7. The zero-order valence-corrected chi connectivity index (χ0v) is 12.9. The second-order valence-corrected chi connectivity index (χ2v) is 4.70. The molecule has 0 aliphatic carbocycles. The molecule has 0 fully saturated rings. The maximum Gasteiger partial charge on any atom is 0.380 e. The molecule has 0 amide bonds. The number of hydrogen-bond acceptors (Lipinski definition) is 7. The van der Waals surface area contributed by atoms with Crippen molar-refractivity contribution in [1.82, 2.24) is 0 Å². The van der Waals surface area contributed by atoms with Crippen LogP contribution in [0.1, 0.15) is 20.8 Å². The molecule has 1 aliphatic heterocycles. The van der Waals surface area contributed by atoms with Gasteiger partial charge in [-0.15, -0.1) is 0 Å². The predicted octanol–water partition coefficient (Wildman–Crippen LogP) is 1.00. The topological polar surface area (TPSA) is 88.1 Å². The lowest BCUT2D eigenvalue weighted by atomic mass is 10.0. The van der Waals surface area contributed by atoms with Crippen molar-refractivity contribution in [2.75, 3.05) is 13.2 Å². The Labute approximate surface area is 131 Å². The molecule has 1 rings (SSSR count). The first-order valence-electron chi connectivity index (χ1n) is 6.87. The quantitative estimate of drug-likeness (QED) is 0.406. The molecule has 0 N–H and O–H groups in total. The summed E-state index contributed by atoms with van der Waals surface area (Å²) in [4.78, 5) is 33.2. The van der Waals surface area contributed by atoms with Gasteiger partial charge in [-0.1, -0.05) is 0 Å². The summed E-state index contributed by atoms with van der Waals surface area (Å²) in [7, 11) is 0. The SMILES string of the molecule is CCOC(=O)C(F)(F)C1C=C[C@H](OC(C)=O)[C@@H](COC(C)=O)O1. The van der Waals surface area contributed by atoms with Gasteiger partial charge in [-0.05, 0) is 19.1 Å². The van der Waals surface area contributed by atoms with Crippen LogP contribution in [-0.4, -0.2) is 55.4 Å². The fourth-order valence-corrected chi connectivity index (χ4v) is 1.84. The Balaban J connectivity index is 2.91. The first-order valence-corrected chi connectivity index (χ1v) is 6.87. The van der Waals surface area contributed by atoms with Crippen molar-refractivity contribution in [2.45, 2.75) is 45.0 Å². The summed E-state index contributed by atoms with van der Waals surface area (Å²) < 4.78 is 47.0. The van der Waals surface area contributed by atoms with Crippen LogP contribution in [0.25, 0.3) is 0 Å². The monoisotopic (exact) mass is 336 g/mol. The summed E-state index contributed by atoms with van der Waals surface area (Å²) in [5.41, 5.74) is 0. The van der Waals surface area contributed by atoms with Gasteiger partial charge >= 0.3 is 23.8 Å². The molecular weight excluding hydrogens is 318 g/mol. The molecule has 0 aromatic carbocycles. The Kier molecular flexibility index (Phi) is 6.62. The van der Waals surface area contributed by atoms with E-state index in [9.17, 15) is 23.2 Å². The van der Waals surface area contributed by atoms with E-state index in [0.29, 0.717) is 0 Å². The molecule has 1 heterocycles. The summed E-state index contributed by atoms with van der Waals surface area (Å²) >= 11 is 0. The summed E-state index contributed by atoms with van der Waals surface area (Å²) in [5.74, 6) is -6.97. The highest BCUT2D eigenvalue weighted by Gasteiger charge is 2.51. The van der Waals surface area contributed by atoms with Gasteiger partial charge in [-0.3, -0.25) is 9.59 Å². The molecule has 0 aromatic rings. The van der Waals surface area contributed by atoms with Crippen LogP contribution in [0.2, 0.25) is 0 Å². The molecule has 1 unspecified atom stereocenters. The third-order valence-electron chi connectivity index (χ3n) is 2.82. The van der Waals surface area contributed by atoms with Gasteiger partial charge in [0.25, 0.3) is 0 Å². The lowest BCUT2D eigenvalue weighted by Gasteiger charge is -2.33. The molecule has 0 saturated carbocycles. The third-order valence-corrected chi connectivity index (χ3v) is 2.82. The number of carbonyl (C=O) groups excluding carboxylic acids is 3. The summed E-state index contributed by atoms with van der Waals surface area (Å²) in [6.45, 7) is 3.04. The molecular formula is C14H18F2O7. The van der Waals surface area contributed by atoms with E-state index in [1.165, 1.54) is 6.92 Å². The van der Waals surface area contributed by atoms with Gasteiger partial charge in [0, 0.05) is 13.8 Å². The van der Waals surface area contributed by atoms with Crippen LogP contribution in [-0.2, 0) is 33.3 Å². The van der Waals surface area contributed by atoms with E-state index in [0.717, 1.165) is 26.0 Å². The largest absolute Gasteiger partial charge is 0.463 e. The van der Waals surface area contributed by atoms with Crippen LogP contribution >= 0.6 is 0 Å². The molecule has 9 heteroatoms. The van der Waals surface area contributed by atoms with Crippen molar-refractivity contribution in [2.24, 2.45) is 0 Å². The van der Waals surface area contributed by atoms with Crippen molar-refractivity contribution in [3.63, 3.8) is 0 Å². The molecule has 0 radical (unpaired) electrons. The van der Waals surface area contributed by atoms with E-state index in [-0.39, 0.29) is 6.61 Å². The van der Waals surface area contributed by atoms with Crippen LogP contribution < -0.4 is 0 Å². The molecule has 130 valence electrons. The van der Waals surface area contributed by atoms with E-state index >= 15 is 0 Å². The Morgan fingerprint density at radius 1 is 1.13 bits per heavy atom. The number of alkyl halides is 2. The molecule has 0 spiro atoms. The molecule has 0 aromatic heterocycles. The van der Waals surface area contributed by atoms with E-state index in [1.54, 1.807) is 0 Å². The zero-order chi connectivity index (χ0) is 17.6. The van der Waals surface area contributed by atoms with E-state index in [4.69, 9.17) is 14.2 Å². The first kappa shape index (κ1) is 19.0. The summed E-state index contributed by atoms with van der Waals surface area (Å²) in [5, 5.41) is 0. The highest BCUT2D eigenvalue weighted by molar-refractivity contribution is 5.78. The Bertz CT molecular complexity index is 490. The van der Waals surface area contributed by atoms with E-state index in [2.05, 4.69) is 4.74 Å². The normalized spacial score (nSPS) is 24.0. The van der Waals surface area contributed by atoms with Crippen molar-refractivity contribution >= 4 is 17.9 Å². The van der Waals surface area contributed by atoms with Crippen LogP contribution in [0.3, 0.4) is 0 Å². The fraction of sp³-hybridized carbons (Fsp3) is 0.643. The van der Waals surface area contributed by atoms with E-state index < -0.39 is 48.7 Å². The molecule has 1 aliphatic rings. The van der Waals surface area contributed by atoms with Crippen molar-refractivity contribution in [1.29, 1.82) is 0 Å². The van der Waals surface area contributed by atoms with Gasteiger partial charge in [-0.25, -0.2) is 4.79 Å². The second-order valence-electron chi connectivity index (χ2n) is 4.70. The van der Waals surface area contributed by atoms with Crippen LogP contribution in [0.5, 0.6) is 0 Å². The zero-order valence-electron chi connectivity index (χ0n) is 12.9. The molecule has 0 saturated heterocycles. The minimum atomic E-state index is -3.93. The highest BCUT2D eigenvalue weighted by atomic mass is 19.3. The summed E-state index contributed by atoms with van der Waals surface area (Å²) in [6.07, 6.45) is -2.03. The minimum absolute atomic E-state index is 0.211. The average Bonchev–Trinajstić information content (AvgIpc) is 2.45. The fourth-order valence-electron chi connectivity index (χ4n) is 1.84. The van der Waals surface area contributed by atoms with Crippen LogP contribution in [0.4, 0.5) is 8.78 Å². The lowest BCUT2D eigenvalue weighted by Crippen LogP contribution is -2.50. The number of rotatable bonds is 6. The number of hydrogen-bond donors (Lipinski definition) is 0. The van der Waals surface area contributed by atoms with Gasteiger partial charge < -0.3 is 18.9 Å². The third kappa shape index (κ3) is 5.27. The average molecular weight is 336 g/mol. The van der Waals surface area contributed by atoms with Gasteiger partial charge in [0.1, 0.15) is 18.8 Å². The molecule has 3 atom stereocenters. The lowest BCUT2D eigenvalue weighted by molar-refractivity contribution is -0.207. The smallest absolute Gasteiger partial charge is 0.380 e. The molecule has 7 nitrogen and oxygen atoms in total. The standard InChI is InChI=1S/C14H18F2O7/c1-4-20-13(19)14(15,16)12-6-5-10(22-9(3)18)11(23-12)7-21-8(2)17/h5-6,10-12H,4,7H2,1-3H3/t10-,11+,12?/m0/s1. The maximum atomic E-state index is 14.0. The number of esters is 3. The number of ether oxygens (including phenoxy) is 4. The minimum Gasteiger partial charge on any atom is -0.463 e. The van der Waals surface area contributed by atoms with Crippen LogP contribution in [0, 0.1) is 0 Å². The number of halogens is 2. The van der Waals surface area contributed by atoms with Crippen molar-refractivity contribution in [3.8, 4) is 0 Å².